The molecule has 25 heavy (non-hydrogen) atoms. The summed E-state index contributed by atoms with van der Waals surface area (Å²) in [4.78, 5) is 26.3. The van der Waals surface area contributed by atoms with Gasteiger partial charge in [-0.1, -0.05) is 0 Å². The van der Waals surface area contributed by atoms with Gasteiger partial charge in [0.1, 0.15) is 23.8 Å². The largest absolute Gasteiger partial charge is 0.481 e. The number of methoxy groups -OCH3 is 1. The summed E-state index contributed by atoms with van der Waals surface area (Å²) in [7, 11) is 1.61. The molecule has 1 saturated heterocycles. The van der Waals surface area contributed by atoms with Gasteiger partial charge in [-0.25, -0.2) is 19.9 Å². The third kappa shape index (κ3) is 3.02. The van der Waals surface area contributed by atoms with E-state index in [1.54, 1.807) is 19.5 Å². The Morgan fingerprint density at radius 1 is 1.04 bits per heavy atom. The Balaban J connectivity index is 1.56. The van der Waals surface area contributed by atoms with Crippen molar-refractivity contribution in [2.24, 2.45) is 0 Å². The van der Waals surface area contributed by atoms with Crippen molar-refractivity contribution >= 4 is 22.5 Å². The molecule has 128 valence electrons. The minimum atomic E-state index is 0.581. The van der Waals surface area contributed by atoms with Crippen LogP contribution in [-0.2, 0) is 0 Å². The van der Waals surface area contributed by atoms with Crippen molar-refractivity contribution in [3.05, 3.63) is 36.7 Å². The van der Waals surface area contributed by atoms with Crippen LogP contribution >= 0.6 is 0 Å². The Kier molecular flexibility index (Phi) is 4.01. The topological polar surface area (TPSA) is 80.2 Å². The minimum absolute atomic E-state index is 0.581. The smallest absolute Gasteiger partial charge is 0.218 e. The van der Waals surface area contributed by atoms with Crippen molar-refractivity contribution in [3.63, 3.8) is 0 Å². The molecule has 0 amide bonds. The first kappa shape index (κ1) is 15.5. The lowest BCUT2D eigenvalue weighted by Gasteiger charge is -2.36. The molecule has 3 aromatic heterocycles. The van der Waals surface area contributed by atoms with Crippen molar-refractivity contribution in [2.45, 2.75) is 6.92 Å². The summed E-state index contributed by atoms with van der Waals surface area (Å²) in [5, 5.41) is 1.04. The van der Waals surface area contributed by atoms with Gasteiger partial charge < -0.3 is 14.5 Å². The molecule has 8 heteroatoms. The standard InChI is InChI=1S/C17H19N7O/c1-12-21-14-10-18-4-3-13(14)17(22-12)24-7-5-23(6-8-24)15-9-16(25-2)20-11-19-15/h3-4,9-11H,5-8H2,1-2H3. The number of rotatable bonds is 3. The Morgan fingerprint density at radius 2 is 1.84 bits per heavy atom. The van der Waals surface area contributed by atoms with E-state index in [4.69, 9.17) is 4.74 Å². The predicted molar refractivity (Wildman–Crippen MR) is 95.1 cm³/mol. The van der Waals surface area contributed by atoms with Crippen molar-refractivity contribution < 1.29 is 4.74 Å². The zero-order chi connectivity index (χ0) is 17.2. The molecule has 0 saturated carbocycles. The summed E-state index contributed by atoms with van der Waals surface area (Å²) in [6.07, 6.45) is 5.11. The first-order chi connectivity index (χ1) is 12.2. The van der Waals surface area contributed by atoms with E-state index in [0.717, 1.165) is 54.5 Å². The second kappa shape index (κ2) is 6.46. The van der Waals surface area contributed by atoms with E-state index in [-0.39, 0.29) is 0 Å². The van der Waals surface area contributed by atoms with Crippen LogP contribution in [0.5, 0.6) is 5.88 Å². The van der Waals surface area contributed by atoms with E-state index in [1.165, 1.54) is 6.33 Å². The fraction of sp³-hybridized carbons (Fsp3) is 0.353. The van der Waals surface area contributed by atoms with Crippen LogP contribution in [0.15, 0.2) is 30.9 Å². The van der Waals surface area contributed by atoms with Crippen LogP contribution in [0.4, 0.5) is 11.6 Å². The Bertz CT molecular complexity index is 893. The summed E-state index contributed by atoms with van der Waals surface area (Å²) < 4.78 is 5.19. The Morgan fingerprint density at radius 3 is 2.64 bits per heavy atom. The lowest BCUT2D eigenvalue weighted by Crippen LogP contribution is -2.47. The van der Waals surface area contributed by atoms with Crippen molar-refractivity contribution in [1.29, 1.82) is 0 Å². The number of hydrogen-bond acceptors (Lipinski definition) is 8. The normalized spacial score (nSPS) is 14.8. The van der Waals surface area contributed by atoms with Gasteiger partial charge in [-0.3, -0.25) is 4.98 Å². The lowest BCUT2D eigenvalue weighted by atomic mass is 10.2. The molecule has 0 spiro atoms. The van der Waals surface area contributed by atoms with Crippen LogP contribution in [0.25, 0.3) is 10.9 Å². The number of aromatic nitrogens is 5. The Hall–Kier alpha value is -3.03. The van der Waals surface area contributed by atoms with E-state index in [9.17, 15) is 0 Å². The highest BCUT2D eigenvalue weighted by molar-refractivity contribution is 5.88. The predicted octanol–water partition coefficient (Wildman–Crippen LogP) is 1.46. The number of piperazine rings is 1. The third-order valence-corrected chi connectivity index (χ3v) is 4.33. The van der Waals surface area contributed by atoms with Gasteiger partial charge in [0.05, 0.1) is 18.8 Å². The number of hydrogen-bond donors (Lipinski definition) is 0. The van der Waals surface area contributed by atoms with Crippen molar-refractivity contribution in [1.82, 2.24) is 24.9 Å². The van der Waals surface area contributed by atoms with Crippen LogP contribution in [-0.4, -0.2) is 58.2 Å². The van der Waals surface area contributed by atoms with E-state index in [2.05, 4.69) is 34.7 Å². The second-order valence-electron chi connectivity index (χ2n) is 5.88. The summed E-state index contributed by atoms with van der Waals surface area (Å²) >= 11 is 0. The van der Waals surface area contributed by atoms with Crippen LogP contribution < -0.4 is 14.5 Å². The highest BCUT2D eigenvalue weighted by Crippen LogP contribution is 2.25. The molecule has 8 nitrogen and oxygen atoms in total. The molecule has 1 fully saturated rings. The zero-order valence-electron chi connectivity index (χ0n) is 14.3. The summed E-state index contributed by atoms with van der Waals surface area (Å²) in [5.74, 6) is 3.21. The molecule has 0 atom stereocenters. The minimum Gasteiger partial charge on any atom is -0.481 e. The molecule has 3 aromatic rings. The molecular formula is C17H19N7O. The van der Waals surface area contributed by atoms with Gasteiger partial charge in [-0.2, -0.15) is 0 Å². The van der Waals surface area contributed by atoms with Gasteiger partial charge in [0.15, 0.2) is 0 Å². The molecule has 4 heterocycles. The van der Waals surface area contributed by atoms with Crippen molar-refractivity contribution in [3.8, 4) is 5.88 Å². The molecule has 4 rings (SSSR count). The molecule has 0 unspecified atom stereocenters. The molecule has 0 radical (unpaired) electrons. The average Bonchev–Trinajstić information content (AvgIpc) is 2.67. The van der Waals surface area contributed by atoms with Gasteiger partial charge in [0.2, 0.25) is 5.88 Å². The fourth-order valence-electron chi connectivity index (χ4n) is 3.08. The van der Waals surface area contributed by atoms with Gasteiger partial charge in [-0.05, 0) is 13.0 Å². The SMILES string of the molecule is COc1cc(N2CCN(c3nc(C)nc4cnccc34)CC2)ncn1. The first-order valence-corrected chi connectivity index (χ1v) is 8.19. The molecule has 0 bridgehead atoms. The van der Waals surface area contributed by atoms with E-state index >= 15 is 0 Å². The van der Waals surface area contributed by atoms with Crippen LogP contribution in [0.2, 0.25) is 0 Å². The second-order valence-corrected chi connectivity index (χ2v) is 5.88. The number of aryl methyl sites for hydroxylation is 1. The van der Waals surface area contributed by atoms with Gasteiger partial charge >= 0.3 is 0 Å². The first-order valence-electron chi connectivity index (χ1n) is 8.19. The number of pyridine rings is 1. The summed E-state index contributed by atoms with van der Waals surface area (Å²) in [6, 6.07) is 3.84. The van der Waals surface area contributed by atoms with Crippen molar-refractivity contribution in [2.75, 3.05) is 43.1 Å². The van der Waals surface area contributed by atoms with E-state index in [0.29, 0.717) is 5.88 Å². The van der Waals surface area contributed by atoms with Gasteiger partial charge in [0, 0.05) is 43.8 Å². The monoisotopic (exact) mass is 337 g/mol. The maximum Gasteiger partial charge on any atom is 0.218 e. The van der Waals surface area contributed by atoms with Crippen LogP contribution in [0, 0.1) is 6.92 Å². The summed E-state index contributed by atoms with van der Waals surface area (Å²) in [6.45, 7) is 5.35. The van der Waals surface area contributed by atoms with Crippen LogP contribution in [0.1, 0.15) is 5.82 Å². The average molecular weight is 337 g/mol. The maximum absolute atomic E-state index is 5.19. The maximum atomic E-state index is 5.19. The number of ether oxygens (including phenoxy) is 1. The molecule has 1 aliphatic rings. The highest BCUT2D eigenvalue weighted by Gasteiger charge is 2.21. The zero-order valence-corrected chi connectivity index (χ0v) is 14.3. The molecular weight excluding hydrogens is 318 g/mol. The Labute approximate surface area is 145 Å². The molecule has 0 aliphatic carbocycles. The molecule has 1 aliphatic heterocycles. The number of fused-ring (bicyclic) bond motifs is 1. The van der Waals surface area contributed by atoms with Gasteiger partial charge in [0.25, 0.3) is 0 Å². The number of anilines is 2. The highest BCUT2D eigenvalue weighted by atomic mass is 16.5. The third-order valence-electron chi connectivity index (χ3n) is 4.33. The van der Waals surface area contributed by atoms with E-state index < -0.39 is 0 Å². The van der Waals surface area contributed by atoms with E-state index in [1.807, 2.05) is 19.1 Å². The summed E-state index contributed by atoms with van der Waals surface area (Å²) in [5.41, 5.74) is 0.882. The fourth-order valence-corrected chi connectivity index (χ4v) is 3.08. The van der Waals surface area contributed by atoms with Gasteiger partial charge in [-0.15, -0.1) is 0 Å². The number of nitrogens with zero attached hydrogens (tertiary/aromatic N) is 7. The quantitative estimate of drug-likeness (QED) is 0.711. The van der Waals surface area contributed by atoms with Crippen LogP contribution in [0.3, 0.4) is 0 Å². The molecule has 0 aromatic carbocycles. The lowest BCUT2D eigenvalue weighted by molar-refractivity contribution is 0.396. The molecule has 0 N–H and O–H groups in total.